The largest absolute Gasteiger partial charge is 0.438 e. The summed E-state index contributed by atoms with van der Waals surface area (Å²) in [7, 11) is 0. The van der Waals surface area contributed by atoms with Crippen molar-refractivity contribution in [2.75, 3.05) is 5.32 Å². The molecule has 3 fully saturated rings. The number of fused-ring (bicyclic) bond motifs is 3. The highest BCUT2D eigenvalue weighted by Gasteiger charge is 2.73. The molecule has 2 spiro atoms. The first-order chi connectivity index (χ1) is 21.4. The smallest absolute Gasteiger partial charge is 0.352 e. The number of carbonyl (C=O) groups is 2. The minimum atomic E-state index is -1.33. The van der Waals surface area contributed by atoms with Crippen molar-refractivity contribution in [1.82, 2.24) is 25.8 Å². The van der Waals surface area contributed by atoms with E-state index in [0.29, 0.717) is 60.6 Å². The second-order valence-electron chi connectivity index (χ2n) is 13.8. The Kier molecular flexibility index (Phi) is 7.37. The number of anilines is 1. The summed E-state index contributed by atoms with van der Waals surface area (Å²) in [5.74, 6) is -2.31. The van der Waals surface area contributed by atoms with Crippen molar-refractivity contribution in [2.24, 2.45) is 5.41 Å². The van der Waals surface area contributed by atoms with Gasteiger partial charge in [0.05, 0.1) is 6.04 Å². The van der Waals surface area contributed by atoms with E-state index < -0.39 is 34.5 Å². The van der Waals surface area contributed by atoms with Gasteiger partial charge in [0, 0.05) is 40.3 Å². The van der Waals surface area contributed by atoms with Crippen molar-refractivity contribution >= 4 is 40.7 Å². The minimum absolute atomic E-state index is 0.0256. The Morgan fingerprint density at radius 2 is 1.80 bits per heavy atom. The maximum absolute atomic E-state index is 16.1. The van der Waals surface area contributed by atoms with Crippen LogP contribution in [0.15, 0.2) is 39.8 Å². The summed E-state index contributed by atoms with van der Waals surface area (Å²) in [6, 6.07) is 5.72. The highest BCUT2D eigenvalue weighted by Crippen LogP contribution is 2.64. The van der Waals surface area contributed by atoms with Crippen LogP contribution in [-0.4, -0.2) is 44.6 Å². The molecule has 45 heavy (non-hydrogen) atoms. The fourth-order valence-corrected chi connectivity index (χ4v) is 8.88. The second kappa shape index (κ2) is 10.9. The first-order valence-electron chi connectivity index (χ1n) is 15.5. The van der Waals surface area contributed by atoms with Crippen LogP contribution in [0.2, 0.25) is 10.2 Å². The van der Waals surface area contributed by atoms with Gasteiger partial charge in [-0.15, -0.1) is 0 Å². The molecule has 1 aromatic carbocycles. The fourth-order valence-electron chi connectivity index (χ4n) is 8.55. The molecule has 2 amide bonds. The van der Waals surface area contributed by atoms with Gasteiger partial charge in [0.2, 0.25) is 11.8 Å². The summed E-state index contributed by atoms with van der Waals surface area (Å²) in [4.78, 5) is 47.0. The highest BCUT2D eigenvalue weighted by atomic mass is 35.5. The number of nitrogens with one attached hydrogen (secondary N) is 4. The molecule has 2 saturated carbocycles. The molecule has 10 nitrogen and oxygen atoms in total. The SMILES string of the molecule is CC1(C)CCC2(CC1)N[C@@H](C(=O)NC1CCC(c3noc(=O)[nH]3)CC1)[C@H](c1ccnc(Cl)c1F)[C@]21C(=O)Nc2cc(Cl)ccc21. The van der Waals surface area contributed by atoms with Gasteiger partial charge in [0.15, 0.2) is 16.8 Å². The molecule has 2 aromatic heterocycles. The van der Waals surface area contributed by atoms with Crippen LogP contribution in [0, 0.1) is 11.2 Å². The third-order valence-electron chi connectivity index (χ3n) is 10.9. The van der Waals surface area contributed by atoms with Crippen LogP contribution in [-0.2, 0) is 15.0 Å². The second-order valence-corrected chi connectivity index (χ2v) is 14.6. The summed E-state index contributed by atoms with van der Waals surface area (Å²) in [5, 5.41) is 14.0. The third-order valence-corrected chi connectivity index (χ3v) is 11.4. The zero-order valence-corrected chi connectivity index (χ0v) is 26.5. The van der Waals surface area contributed by atoms with Gasteiger partial charge < -0.3 is 10.6 Å². The third kappa shape index (κ3) is 4.80. The zero-order valence-electron chi connectivity index (χ0n) is 25.0. The van der Waals surface area contributed by atoms with E-state index in [9.17, 15) is 14.4 Å². The molecule has 2 aliphatic heterocycles. The molecular formula is C32H35Cl2FN6O4. The lowest BCUT2D eigenvalue weighted by atomic mass is 9.53. The number of halogens is 3. The summed E-state index contributed by atoms with van der Waals surface area (Å²) < 4.78 is 20.8. The Hall–Kier alpha value is -3.28. The molecular weight excluding hydrogens is 622 g/mol. The number of aromatic amines is 1. The highest BCUT2D eigenvalue weighted by molar-refractivity contribution is 6.31. The van der Waals surface area contributed by atoms with E-state index in [0.717, 1.165) is 12.8 Å². The summed E-state index contributed by atoms with van der Waals surface area (Å²) >= 11 is 12.6. The molecule has 0 bridgehead atoms. The fraction of sp³-hybridized carbons (Fsp3) is 0.531. The zero-order chi connectivity index (χ0) is 31.7. The molecule has 7 rings (SSSR count). The topological polar surface area (TPSA) is 142 Å². The van der Waals surface area contributed by atoms with E-state index in [2.05, 4.69) is 49.4 Å². The standard InChI is InChI=1S/C32H35Cl2FN6O4/c1-30(2)10-12-31(13-11-30)32(20-8-5-17(33)15-21(20)38-28(32)43)22(19-9-14-36-25(34)23(19)35)24(40-31)27(42)37-18-6-3-16(4-7-18)26-39-29(44)45-41-26/h5,8-9,14-16,18,22,24,40H,3-4,6-7,10-13H2,1-2H3,(H,37,42)(H,38,43)(H,39,41,44)/t16?,18?,22-,24+,32+/m0/s1. The number of carbonyl (C=O) groups excluding carboxylic acids is 2. The molecule has 13 heteroatoms. The maximum atomic E-state index is 16.1. The van der Waals surface area contributed by atoms with Crippen molar-refractivity contribution in [1.29, 1.82) is 0 Å². The number of nitrogens with zero attached hydrogens (tertiary/aromatic N) is 2. The Bertz CT molecular complexity index is 1720. The van der Waals surface area contributed by atoms with E-state index in [-0.39, 0.29) is 39.9 Å². The molecule has 1 saturated heterocycles. The van der Waals surface area contributed by atoms with Crippen molar-refractivity contribution in [3.63, 3.8) is 0 Å². The minimum Gasteiger partial charge on any atom is -0.352 e. The van der Waals surface area contributed by atoms with Crippen molar-refractivity contribution in [2.45, 2.75) is 100 Å². The molecule has 2 aliphatic carbocycles. The number of rotatable bonds is 4. The predicted molar refractivity (Wildman–Crippen MR) is 166 cm³/mol. The molecule has 3 aromatic rings. The number of aromatic nitrogens is 3. The Labute approximate surface area is 269 Å². The number of amides is 2. The van der Waals surface area contributed by atoms with Gasteiger partial charge in [-0.1, -0.05) is 48.3 Å². The molecule has 0 unspecified atom stereocenters. The molecule has 0 radical (unpaired) electrons. The van der Waals surface area contributed by atoms with E-state index in [1.165, 1.54) is 12.3 Å². The Morgan fingerprint density at radius 1 is 1.07 bits per heavy atom. The van der Waals surface area contributed by atoms with Gasteiger partial charge >= 0.3 is 5.76 Å². The first-order valence-corrected chi connectivity index (χ1v) is 16.2. The van der Waals surface area contributed by atoms with Crippen LogP contribution >= 0.6 is 23.2 Å². The van der Waals surface area contributed by atoms with Crippen molar-refractivity contribution in [3.05, 3.63) is 74.0 Å². The van der Waals surface area contributed by atoms with Gasteiger partial charge in [-0.25, -0.2) is 14.2 Å². The lowest BCUT2D eigenvalue weighted by Crippen LogP contribution is -2.61. The normalized spacial score (nSPS) is 29.9. The number of benzene rings is 1. The van der Waals surface area contributed by atoms with Crippen LogP contribution in [0.4, 0.5) is 10.1 Å². The number of H-pyrrole nitrogens is 1. The van der Waals surface area contributed by atoms with E-state index in [1.54, 1.807) is 12.1 Å². The van der Waals surface area contributed by atoms with E-state index >= 15 is 4.39 Å². The van der Waals surface area contributed by atoms with Crippen LogP contribution in [0.3, 0.4) is 0 Å². The van der Waals surface area contributed by atoms with Crippen molar-refractivity contribution < 1.29 is 18.5 Å². The monoisotopic (exact) mass is 656 g/mol. The number of pyridine rings is 1. The van der Waals surface area contributed by atoms with Crippen LogP contribution in [0.5, 0.6) is 0 Å². The number of hydrogen-bond acceptors (Lipinski definition) is 7. The van der Waals surface area contributed by atoms with Gasteiger partial charge in [-0.2, -0.15) is 0 Å². The summed E-state index contributed by atoms with van der Waals surface area (Å²) in [6.45, 7) is 4.41. The molecule has 4 N–H and O–H groups in total. The predicted octanol–water partition coefficient (Wildman–Crippen LogP) is 5.33. The molecule has 238 valence electrons. The Morgan fingerprint density at radius 3 is 2.49 bits per heavy atom. The average molecular weight is 658 g/mol. The lowest BCUT2D eigenvalue weighted by Gasteiger charge is -2.50. The molecule has 4 aliphatic rings. The van der Waals surface area contributed by atoms with Gasteiger partial charge in [-0.3, -0.25) is 24.4 Å². The Balaban J connectivity index is 1.30. The van der Waals surface area contributed by atoms with Crippen LogP contribution in [0.1, 0.15) is 94.0 Å². The van der Waals surface area contributed by atoms with Gasteiger partial charge in [0.1, 0.15) is 5.41 Å². The number of hydrogen-bond donors (Lipinski definition) is 4. The maximum Gasteiger partial charge on any atom is 0.438 e. The lowest BCUT2D eigenvalue weighted by molar-refractivity contribution is -0.125. The van der Waals surface area contributed by atoms with E-state index in [4.69, 9.17) is 23.2 Å². The molecule has 4 heterocycles. The van der Waals surface area contributed by atoms with Crippen LogP contribution in [0.25, 0.3) is 0 Å². The van der Waals surface area contributed by atoms with Crippen molar-refractivity contribution in [3.8, 4) is 0 Å². The quantitative estimate of drug-likeness (QED) is 0.278. The molecule has 3 atom stereocenters. The summed E-state index contributed by atoms with van der Waals surface area (Å²) in [5.41, 5.74) is -0.709. The van der Waals surface area contributed by atoms with E-state index in [1.807, 2.05) is 6.07 Å². The van der Waals surface area contributed by atoms with Gasteiger partial charge in [0.25, 0.3) is 0 Å². The first kappa shape index (κ1) is 30.4. The van der Waals surface area contributed by atoms with Gasteiger partial charge in [-0.05, 0) is 86.1 Å². The average Bonchev–Trinajstić information content (AvgIpc) is 3.65. The summed E-state index contributed by atoms with van der Waals surface area (Å²) in [6.07, 6.45) is 6.97. The van der Waals surface area contributed by atoms with Crippen LogP contribution < -0.4 is 21.7 Å².